The van der Waals surface area contributed by atoms with Gasteiger partial charge in [-0.1, -0.05) is 106 Å². The van der Waals surface area contributed by atoms with Gasteiger partial charge in [0.2, 0.25) is 0 Å². The number of hydrogen-bond donors (Lipinski definition) is 0. The highest BCUT2D eigenvalue weighted by Crippen LogP contribution is 2.50. The largest absolute Gasteiger partial charge is 0.440 e. The van der Waals surface area contributed by atoms with Gasteiger partial charge in [-0.05, 0) is 25.5 Å². The Kier molecular flexibility index (Phi) is 6.28. The summed E-state index contributed by atoms with van der Waals surface area (Å²) in [5.41, 5.74) is 5.07. The number of fused-ring (bicyclic) bond motifs is 2. The molecule has 0 saturated carbocycles. The minimum absolute atomic E-state index is 0.258. The van der Waals surface area contributed by atoms with Crippen molar-refractivity contribution in [2.24, 2.45) is 0 Å². The predicted octanol–water partition coefficient (Wildman–Crippen LogP) is 7.77. The maximum atomic E-state index is 13.2. The molecule has 0 amide bonds. The number of cyclic esters (lactones) is 1. The lowest BCUT2D eigenvalue weighted by Gasteiger charge is -2.31. The molecule has 34 heavy (non-hydrogen) atoms. The van der Waals surface area contributed by atoms with Gasteiger partial charge in [0, 0.05) is 39.8 Å². The van der Waals surface area contributed by atoms with Gasteiger partial charge in [0.25, 0.3) is 0 Å². The zero-order chi connectivity index (χ0) is 23.5. The maximum Gasteiger partial charge on any atom is 0.340 e. The van der Waals surface area contributed by atoms with Crippen molar-refractivity contribution in [3.63, 3.8) is 0 Å². The number of nitrogens with zero attached hydrogens (tertiary/aromatic N) is 1. The van der Waals surface area contributed by atoms with Crippen molar-refractivity contribution in [1.29, 1.82) is 0 Å². The molecule has 0 N–H and O–H groups in total. The van der Waals surface area contributed by atoms with Gasteiger partial charge in [-0.2, -0.15) is 0 Å². The van der Waals surface area contributed by atoms with E-state index in [0.29, 0.717) is 5.56 Å². The smallest absolute Gasteiger partial charge is 0.340 e. The van der Waals surface area contributed by atoms with Crippen LogP contribution in [0.2, 0.25) is 0 Å². The van der Waals surface area contributed by atoms with Gasteiger partial charge >= 0.3 is 5.97 Å². The van der Waals surface area contributed by atoms with Crippen LogP contribution in [0.25, 0.3) is 10.9 Å². The molecule has 174 valence electrons. The van der Waals surface area contributed by atoms with Crippen molar-refractivity contribution in [2.75, 3.05) is 0 Å². The summed E-state index contributed by atoms with van der Waals surface area (Å²) in [7, 11) is 0. The number of rotatable bonds is 9. The first-order chi connectivity index (χ1) is 16.7. The van der Waals surface area contributed by atoms with Crippen LogP contribution < -0.4 is 0 Å². The normalized spacial score (nSPS) is 17.2. The fourth-order valence-electron chi connectivity index (χ4n) is 5.65. The molecule has 2 heterocycles. The molecule has 0 saturated heterocycles. The number of benzene rings is 3. The Labute approximate surface area is 202 Å². The van der Waals surface area contributed by atoms with Gasteiger partial charge in [0.05, 0.1) is 5.56 Å². The van der Waals surface area contributed by atoms with Gasteiger partial charge in [-0.25, -0.2) is 4.79 Å². The molecule has 5 rings (SSSR count). The molecular formula is C31H33NO2. The summed E-state index contributed by atoms with van der Waals surface area (Å²) in [5, 5.41) is 1.15. The summed E-state index contributed by atoms with van der Waals surface area (Å²) in [6.07, 6.45) is 7.58. The summed E-state index contributed by atoms with van der Waals surface area (Å²) < 4.78 is 8.85. The Hall–Kier alpha value is -3.33. The Morgan fingerprint density at radius 2 is 1.47 bits per heavy atom. The Bertz CT molecular complexity index is 1300. The minimum Gasteiger partial charge on any atom is -0.440 e. The quantitative estimate of drug-likeness (QED) is 0.192. The van der Waals surface area contributed by atoms with Gasteiger partial charge in [0.15, 0.2) is 5.60 Å². The lowest BCUT2D eigenvalue weighted by Crippen LogP contribution is -2.30. The molecule has 4 aromatic rings. The number of unbranched alkanes of at least 4 members (excludes halogenated alkanes) is 5. The molecule has 0 aliphatic carbocycles. The van der Waals surface area contributed by atoms with Crippen LogP contribution in [0.1, 0.15) is 78.2 Å². The zero-order valence-corrected chi connectivity index (χ0v) is 20.2. The summed E-state index contributed by atoms with van der Waals surface area (Å²) >= 11 is 0. The second-order valence-electron chi connectivity index (χ2n) is 9.38. The minimum atomic E-state index is -0.953. The summed E-state index contributed by atoms with van der Waals surface area (Å²) in [6.45, 7) is 5.41. The van der Waals surface area contributed by atoms with Crippen LogP contribution in [0.3, 0.4) is 0 Å². The van der Waals surface area contributed by atoms with Crippen LogP contribution in [0, 0.1) is 6.92 Å². The zero-order valence-electron chi connectivity index (χ0n) is 20.2. The maximum absolute atomic E-state index is 13.2. The topological polar surface area (TPSA) is 31.2 Å². The van der Waals surface area contributed by atoms with E-state index in [2.05, 4.69) is 54.8 Å². The first-order valence-electron chi connectivity index (χ1n) is 12.6. The molecule has 0 bridgehead atoms. The Morgan fingerprint density at radius 1 is 0.794 bits per heavy atom. The van der Waals surface area contributed by atoms with Crippen LogP contribution in [0.15, 0.2) is 78.9 Å². The molecule has 0 spiro atoms. The summed E-state index contributed by atoms with van der Waals surface area (Å²) in [4.78, 5) is 13.2. The summed E-state index contributed by atoms with van der Waals surface area (Å²) in [5.74, 6) is -0.258. The number of aromatic nitrogens is 1. The number of hydrogen-bond acceptors (Lipinski definition) is 2. The van der Waals surface area contributed by atoms with Gasteiger partial charge in [-0.3, -0.25) is 0 Å². The van der Waals surface area contributed by atoms with Crippen LogP contribution in [0.4, 0.5) is 0 Å². The molecule has 1 atom stereocenters. The summed E-state index contributed by atoms with van der Waals surface area (Å²) in [6, 6.07) is 26.6. The van der Waals surface area contributed by atoms with Crippen molar-refractivity contribution in [2.45, 2.75) is 64.5 Å². The second kappa shape index (κ2) is 9.50. The number of aryl methyl sites for hydroxylation is 1. The third-order valence-corrected chi connectivity index (χ3v) is 7.27. The number of carbonyl (C=O) groups is 1. The van der Waals surface area contributed by atoms with Gasteiger partial charge < -0.3 is 9.30 Å². The van der Waals surface area contributed by atoms with Crippen molar-refractivity contribution in [3.8, 4) is 0 Å². The standard InChI is InChI=1S/C31H33NO2/c1-3-4-5-6-7-15-22-32-23(2)29(26-19-12-14-21-28(26)32)31(24-16-9-8-10-17-24)27-20-13-11-18-25(27)30(33)34-31/h8-14,16-21H,3-7,15,22H2,1-2H3. The van der Waals surface area contributed by atoms with Crippen molar-refractivity contribution in [1.82, 2.24) is 4.57 Å². The average Bonchev–Trinajstić information content (AvgIpc) is 3.33. The molecular weight excluding hydrogens is 418 g/mol. The monoisotopic (exact) mass is 451 g/mol. The van der Waals surface area contributed by atoms with Gasteiger partial charge in [0.1, 0.15) is 0 Å². The molecule has 3 heteroatoms. The van der Waals surface area contributed by atoms with Crippen molar-refractivity contribution >= 4 is 16.9 Å². The number of para-hydroxylation sites is 1. The molecule has 1 aliphatic rings. The Balaban J connectivity index is 1.66. The SMILES string of the molecule is CCCCCCCCn1c(C)c(C2(c3ccccc3)OC(=O)c3ccccc32)c2ccccc21. The van der Waals surface area contributed by atoms with Crippen LogP contribution >= 0.6 is 0 Å². The average molecular weight is 452 g/mol. The van der Waals surface area contributed by atoms with Crippen molar-refractivity contribution in [3.05, 3.63) is 107 Å². The van der Waals surface area contributed by atoms with Gasteiger partial charge in [-0.15, -0.1) is 0 Å². The molecule has 1 aromatic heterocycles. The van der Waals surface area contributed by atoms with E-state index in [9.17, 15) is 4.79 Å². The number of carbonyl (C=O) groups excluding carboxylic acids is 1. The van der Waals surface area contributed by atoms with E-state index in [0.717, 1.165) is 35.0 Å². The highest BCUT2D eigenvalue weighted by Gasteiger charge is 2.50. The lowest BCUT2D eigenvalue weighted by molar-refractivity contribution is 0.0253. The fraction of sp³-hybridized carbons (Fsp3) is 0.323. The van der Waals surface area contributed by atoms with E-state index >= 15 is 0 Å². The second-order valence-corrected chi connectivity index (χ2v) is 9.38. The van der Waals surface area contributed by atoms with Crippen LogP contribution in [-0.2, 0) is 16.9 Å². The highest BCUT2D eigenvalue weighted by atomic mass is 16.6. The molecule has 3 nitrogen and oxygen atoms in total. The number of esters is 1. The third-order valence-electron chi connectivity index (χ3n) is 7.27. The molecule has 0 fully saturated rings. The highest BCUT2D eigenvalue weighted by molar-refractivity contribution is 5.98. The molecule has 1 aliphatic heterocycles. The van der Waals surface area contributed by atoms with E-state index in [1.54, 1.807) is 0 Å². The molecule has 1 unspecified atom stereocenters. The molecule has 0 radical (unpaired) electrons. The number of ether oxygens (including phenoxy) is 1. The van der Waals surface area contributed by atoms with E-state index < -0.39 is 5.60 Å². The fourth-order valence-corrected chi connectivity index (χ4v) is 5.65. The molecule has 3 aromatic carbocycles. The predicted molar refractivity (Wildman–Crippen MR) is 138 cm³/mol. The Morgan fingerprint density at radius 3 is 2.29 bits per heavy atom. The first-order valence-corrected chi connectivity index (χ1v) is 12.6. The van der Waals surface area contributed by atoms with E-state index in [4.69, 9.17) is 4.74 Å². The van der Waals surface area contributed by atoms with Crippen LogP contribution in [0.5, 0.6) is 0 Å². The first kappa shape index (κ1) is 22.5. The van der Waals surface area contributed by atoms with Crippen molar-refractivity contribution < 1.29 is 9.53 Å². The third kappa shape index (κ3) is 3.64. The lowest BCUT2D eigenvalue weighted by atomic mass is 9.78. The van der Waals surface area contributed by atoms with E-state index in [-0.39, 0.29) is 5.97 Å². The van der Waals surface area contributed by atoms with E-state index in [1.165, 1.54) is 43.3 Å². The van der Waals surface area contributed by atoms with Crippen LogP contribution in [-0.4, -0.2) is 10.5 Å². The van der Waals surface area contributed by atoms with E-state index in [1.807, 2.05) is 42.5 Å².